The lowest BCUT2D eigenvalue weighted by Crippen LogP contribution is -2.53. The molecule has 0 saturated carbocycles. The molecule has 0 aliphatic carbocycles. The van der Waals surface area contributed by atoms with Crippen molar-refractivity contribution < 1.29 is 0 Å². The summed E-state index contributed by atoms with van der Waals surface area (Å²) >= 11 is 0. The number of piperazine rings is 1. The molecule has 2 aliphatic heterocycles. The molecule has 2 fully saturated rings. The highest BCUT2D eigenvalue weighted by Crippen LogP contribution is 2.16. The van der Waals surface area contributed by atoms with Crippen molar-refractivity contribution in [1.82, 2.24) is 25.1 Å². The molecule has 0 spiro atoms. The van der Waals surface area contributed by atoms with Crippen LogP contribution in [0.2, 0.25) is 0 Å². The molecular formula is C18H32IN7. The summed E-state index contributed by atoms with van der Waals surface area (Å²) in [6.45, 7) is 10.1. The van der Waals surface area contributed by atoms with Crippen molar-refractivity contribution in [3.63, 3.8) is 0 Å². The van der Waals surface area contributed by atoms with E-state index in [9.17, 15) is 0 Å². The van der Waals surface area contributed by atoms with Crippen LogP contribution >= 0.6 is 24.0 Å². The largest absolute Gasteiger partial charge is 0.357 e. The van der Waals surface area contributed by atoms with Crippen molar-refractivity contribution in [1.29, 1.82) is 0 Å². The molecule has 146 valence electrons. The SMILES string of the molecule is CCNC(=NCC1CCCN(C)C1)N1CCN(c2ncccn2)CC1.I. The van der Waals surface area contributed by atoms with E-state index in [4.69, 9.17) is 4.99 Å². The third-order valence-electron chi connectivity index (χ3n) is 4.97. The van der Waals surface area contributed by atoms with Crippen molar-refractivity contribution in [3.8, 4) is 0 Å². The summed E-state index contributed by atoms with van der Waals surface area (Å²) in [5, 5.41) is 3.47. The molecule has 2 saturated heterocycles. The maximum atomic E-state index is 4.95. The van der Waals surface area contributed by atoms with E-state index in [2.05, 4.69) is 44.0 Å². The zero-order valence-electron chi connectivity index (χ0n) is 16.0. The Labute approximate surface area is 174 Å². The van der Waals surface area contributed by atoms with Gasteiger partial charge in [0.25, 0.3) is 0 Å². The van der Waals surface area contributed by atoms with Crippen LogP contribution in [0.5, 0.6) is 0 Å². The van der Waals surface area contributed by atoms with Gasteiger partial charge in [0.1, 0.15) is 0 Å². The van der Waals surface area contributed by atoms with E-state index >= 15 is 0 Å². The summed E-state index contributed by atoms with van der Waals surface area (Å²) in [6.07, 6.45) is 6.21. The van der Waals surface area contributed by atoms with Gasteiger partial charge in [-0.1, -0.05) is 0 Å². The smallest absolute Gasteiger partial charge is 0.225 e. The van der Waals surface area contributed by atoms with E-state index in [1.807, 2.05) is 6.07 Å². The molecule has 26 heavy (non-hydrogen) atoms. The van der Waals surface area contributed by atoms with E-state index in [0.717, 1.165) is 51.2 Å². The Morgan fingerprint density at radius 1 is 1.19 bits per heavy atom. The fourth-order valence-electron chi connectivity index (χ4n) is 3.64. The average molecular weight is 473 g/mol. The second kappa shape index (κ2) is 10.9. The molecule has 1 atom stereocenters. The third kappa shape index (κ3) is 5.94. The molecule has 0 bridgehead atoms. The van der Waals surface area contributed by atoms with Gasteiger partial charge in [0.05, 0.1) is 0 Å². The van der Waals surface area contributed by atoms with Crippen LogP contribution in [0.15, 0.2) is 23.5 Å². The quantitative estimate of drug-likeness (QED) is 0.407. The van der Waals surface area contributed by atoms with E-state index in [1.165, 1.54) is 25.9 Å². The van der Waals surface area contributed by atoms with E-state index < -0.39 is 0 Å². The summed E-state index contributed by atoms with van der Waals surface area (Å²) in [6, 6.07) is 1.86. The Balaban J connectivity index is 0.00000243. The number of guanidine groups is 1. The molecule has 1 aromatic heterocycles. The van der Waals surface area contributed by atoms with Gasteiger partial charge in [0, 0.05) is 58.2 Å². The normalized spacial score (nSPS) is 22.1. The molecule has 8 heteroatoms. The van der Waals surface area contributed by atoms with Gasteiger partial charge in [-0.15, -0.1) is 24.0 Å². The van der Waals surface area contributed by atoms with Crippen molar-refractivity contribution >= 4 is 35.9 Å². The number of nitrogens with zero attached hydrogens (tertiary/aromatic N) is 6. The molecule has 1 aromatic rings. The highest BCUT2D eigenvalue weighted by atomic mass is 127. The van der Waals surface area contributed by atoms with Crippen LogP contribution in [-0.4, -0.2) is 85.1 Å². The van der Waals surface area contributed by atoms with Gasteiger partial charge in [-0.2, -0.15) is 0 Å². The van der Waals surface area contributed by atoms with Gasteiger partial charge in [-0.05, 0) is 45.3 Å². The first-order valence-corrected chi connectivity index (χ1v) is 9.50. The molecule has 1 unspecified atom stereocenters. The Bertz CT molecular complexity index is 546. The topological polar surface area (TPSA) is 59.9 Å². The number of aliphatic imine (C=N–C) groups is 1. The first-order chi connectivity index (χ1) is 12.3. The zero-order chi connectivity index (χ0) is 17.5. The van der Waals surface area contributed by atoms with Crippen LogP contribution in [0, 0.1) is 5.92 Å². The van der Waals surface area contributed by atoms with Crippen LogP contribution < -0.4 is 10.2 Å². The number of halogens is 1. The number of nitrogens with one attached hydrogen (secondary N) is 1. The third-order valence-corrected chi connectivity index (χ3v) is 4.97. The molecule has 3 heterocycles. The van der Waals surface area contributed by atoms with Gasteiger partial charge in [-0.25, -0.2) is 9.97 Å². The highest BCUT2D eigenvalue weighted by molar-refractivity contribution is 14.0. The summed E-state index contributed by atoms with van der Waals surface area (Å²) in [5.74, 6) is 2.57. The standard InChI is InChI=1S/C18H31N7.HI/c1-3-19-17(22-14-16-6-4-9-23(2)15-16)24-10-12-25(13-11-24)18-20-7-5-8-21-18;/h5,7-8,16H,3-4,6,9-15H2,1-2H3,(H,19,22);1H. The highest BCUT2D eigenvalue weighted by Gasteiger charge is 2.22. The number of rotatable bonds is 4. The Morgan fingerprint density at radius 2 is 1.92 bits per heavy atom. The van der Waals surface area contributed by atoms with Crippen molar-refractivity contribution in [2.45, 2.75) is 19.8 Å². The fraction of sp³-hybridized carbons (Fsp3) is 0.722. The number of hydrogen-bond acceptors (Lipinski definition) is 5. The zero-order valence-corrected chi connectivity index (χ0v) is 18.3. The number of aromatic nitrogens is 2. The van der Waals surface area contributed by atoms with Crippen LogP contribution in [0.4, 0.5) is 5.95 Å². The predicted octanol–water partition coefficient (Wildman–Crippen LogP) is 1.52. The van der Waals surface area contributed by atoms with E-state index in [1.54, 1.807) is 12.4 Å². The first kappa shape index (κ1) is 21.1. The van der Waals surface area contributed by atoms with Crippen LogP contribution in [0.3, 0.4) is 0 Å². The molecule has 1 N–H and O–H groups in total. The Hall–Kier alpha value is -1.16. The van der Waals surface area contributed by atoms with E-state index in [-0.39, 0.29) is 24.0 Å². The van der Waals surface area contributed by atoms with Gasteiger partial charge in [0.2, 0.25) is 5.95 Å². The average Bonchev–Trinajstić information content (AvgIpc) is 2.66. The van der Waals surface area contributed by atoms with Gasteiger partial charge < -0.3 is 20.0 Å². The minimum absolute atomic E-state index is 0. The molecule has 7 nitrogen and oxygen atoms in total. The number of piperidine rings is 1. The van der Waals surface area contributed by atoms with Crippen molar-refractivity contribution in [2.75, 3.05) is 64.3 Å². The molecule has 3 rings (SSSR count). The van der Waals surface area contributed by atoms with Crippen LogP contribution in [0.1, 0.15) is 19.8 Å². The van der Waals surface area contributed by atoms with Crippen molar-refractivity contribution in [3.05, 3.63) is 18.5 Å². The predicted molar refractivity (Wildman–Crippen MR) is 117 cm³/mol. The number of anilines is 1. The lowest BCUT2D eigenvalue weighted by molar-refractivity contribution is 0.214. The second-order valence-electron chi connectivity index (χ2n) is 6.99. The van der Waals surface area contributed by atoms with Gasteiger partial charge >= 0.3 is 0 Å². The van der Waals surface area contributed by atoms with Gasteiger partial charge in [-0.3, -0.25) is 4.99 Å². The summed E-state index contributed by atoms with van der Waals surface area (Å²) < 4.78 is 0. The maximum Gasteiger partial charge on any atom is 0.225 e. The maximum absolute atomic E-state index is 4.95. The Kier molecular flexibility index (Phi) is 8.83. The molecule has 0 amide bonds. The molecule has 0 radical (unpaired) electrons. The lowest BCUT2D eigenvalue weighted by Gasteiger charge is -2.36. The first-order valence-electron chi connectivity index (χ1n) is 9.50. The molecular weight excluding hydrogens is 441 g/mol. The number of likely N-dealkylation sites (tertiary alicyclic amines) is 1. The number of hydrogen-bond donors (Lipinski definition) is 1. The van der Waals surface area contributed by atoms with E-state index in [0.29, 0.717) is 5.92 Å². The monoisotopic (exact) mass is 473 g/mol. The second-order valence-corrected chi connectivity index (χ2v) is 6.99. The minimum atomic E-state index is 0. The summed E-state index contributed by atoms with van der Waals surface area (Å²) in [7, 11) is 2.21. The minimum Gasteiger partial charge on any atom is -0.357 e. The van der Waals surface area contributed by atoms with Crippen LogP contribution in [0.25, 0.3) is 0 Å². The molecule has 0 aromatic carbocycles. The van der Waals surface area contributed by atoms with Crippen molar-refractivity contribution in [2.24, 2.45) is 10.9 Å². The summed E-state index contributed by atoms with van der Waals surface area (Å²) in [5.41, 5.74) is 0. The summed E-state index contributed by atoms with van der Waals surface area (Å²) in [4.78, 5) is 20.7. The Morgan fingerprint density at radius 3 is 2.58 bits per heavy atom. The fourth-order valence-corrected chi connectivity index (χ4v) is 3.64. The lowest BCUT2D eigenvalue weighted by atomic mass is 9.99. The van der Waals surface area contributed by atoms with Gasteiger partial charge in [0.15, 0.2) is 5.96 Å². The molecule has 2 aliphatic rings. The van der Waals surface area contributed by atoms with Crippen LogP contribution in [-0.2, 0) is 0 Å².